The molecule has 0 heteroatoms. The molecule has 0 aromatic carbocycles. The van der Waals surface area contributed by atoms with E-state index in [1.807, 2.05) is 0 Å². The highest BCUT2D eigenvalue weighted by Crippen LogP contribution is 2.57. The summed E-state index contributed by atoms with van der Waals surface area (Å²) >= 11 is 0. The van der Waals surface area contributed by atoms with Crippen molar-refractivity contribution >= 4 is 0 Å². The van der Waals surface area contributed by atoms with Crippen LogP contribution in [0.4, 0.5) is 0 Å². The lowest BCUT2D eigenvalue weighted by atomic mass is 9.57. The van der Waals surface area contributed by atoms with Crippen molar-refractivity contribution in [2.75, 3.05) is 0 Å². The zero-order valence-electron chi connectivity index (χ0n) is 16.5. The summed E-state index contributed by atoms with van der Waals surface area (Å²) in [4.78, 5) is 0. The van der Waals surface area contributed by atoms with Gasteiger partial charge in [-0.15, -0.1) is 0 Å². The van der Waals surface area contributed by atoms with Gasteiger partial charge in [-0.2, -0.15) is 0 Å². The molecule has 138 valence electrons. The maximum atomic E-state index is 2.64. The molecule has 4 saturated carbocycles. The van der Waals surface area contributed by atoms with Crippen molar-refractivity contribution < 1.29 is 0 Å². The molecule has 4 rings (SSSR count). The van der Waals surface area contributed by atoms with Crippen LogP contribution in [0.1, 0.15) is 104 Å². The zero-order valence-corrected chi connectivity index (χ0v) is 16.5. The van der Waals surface area contributed by atoms with E-state index in [1.165, 1.54) is 25.7 Å². The summed E-state index contributed by atoms with van der Waals surface area (Å²) in [7, 11) is 0. The van der Waals surface area contributed by atoms with Gasteiger partial charge in [0, 0.05) is 0 Å². The Balaban J connectivity index is 1.45. The van der Waals surface area contributed by atoms with E-state index in [2.05, 4.69) is 13.8 Å². The van der Waals surface area contributed by atoms with Crippen LogP contribution in [-0.2, 0) is 0 Å². The molecule has 0 N–H and O–H groups in total. The molecule has 0 aromatic heterocycles. The molecular formula is C24H42. The van der Waals surface area contributed by atoms with Crippen LogP contribution < -0.4 is 0 Å². The van der Waals surface area contributed by atoms with Gasteiger partial charge in [0.15, 0.2) is 0 Å². The van der Waals surface area contributed by atoms with Crippen molar-refractivity contribution in [3.8, 4) is 0 Å². The fraction of sp³-hybridized carbons (Fsp3) is 1.00. The van der Waals surface area contributed by atoms with Crippen molar-refractivity contribution in [3.05, 3.63) is 0 Å². The van der Waals surface area contributed by atoms with Crippen molar-refractivity contribution in [2.24, 2.45) is 47.3 Å². The van der Waals surface area contributed by atoms with Gasteiger partial charge in [-0.1, -0.05) is 71.6 Å². The van der Waals surface area contributed by atoms with E-state index >= 15 is 0 Å². The van der Waals surface area contributed by atoms with Gasteiger partial charge in [0.25, 0.3) is 0 Å². The van der Waals surface area contributed by atoms with Crippen LogP contribution in [0.3, 0.4) is 0 Å². The van der Waals surface area contributed by atoms with Gasteiger partial charge in [0.05, 0.1) is 0 Å². The van der Waals surface area contributed by atoms with E-state index in [9.17, 15) is 0 Å². The van der Waals surface area contributed by atoms with Gasteiger partial charge >= 0.3 is 0 Å². The average Bonchev–Trinajstić information content (AvgIpc) is 3.22. The minimum absolute atomic E-state index is 1.02. The van der Waals surface area contributed by atoms with Gasteiger partial charge in [-0.3, -0.25) is 0 Å². The van der Waals surface area contributed by atoms with Gasteiger partial charge in [0.2, 0.25) is 0 Å². The first-order valence-corrected chi connectivity index (χ1v) is 11.7. The molecule has 0 amide bonds. The largest absolute Gasteiger partial charge is 0.0625 e. The van der Waals surface area contributed by atoms with Gasteiger partial charge in [-0.05, 0) is 79.4 Å². The molecule has 24 heavy (non-hydrogen) atoms. The molecule has 0 saturated heterocycles. The maximum absolute atomic E-state index is 2.64. The molecule has 4 aliphatic rings. The lowest BCUT2D eigenvalue weighted by Gasteiger charge is -2.48. The highest BCUT2D eigenvalue weighted by atomic mass is 14.5. The molecular weight excluding hydrogens is 288 g/mol. The Bertz CT molecular complexity index is 393. The third-order valence-electron chi connectivity index (χ3n) is 9.02. The number of rotatable bonds is 4. The molecule has 0 radical (unpaired) electrons. The normalized spacial score (nSPS) is 47.0. The van der Waals surface area contributed by atoms with E-state index in [4.69, 9.17) is 0 Å². The van der Waals surface area contributed by atoms with E-state index in [1.54, 1.807) is 64.2 Å². The Morgan fingerprint density at radius 1 is 0.667 bits per heavy atom. The Kier molecular flexibility index (Phi) is 5.59. The van der Waals surface area contributed by atoms with Crippen LogP contribution in [0.25, 0.3) is 0 Å². The number of hydrogen-bond acceptors (Lipinski definition) is 0. The summed E-state index contributed by atoms with van der Waals surface area (Å²) in [5.41, 5.74) is 0. The Hall–Kier alpha value is 0. The summed E-state index contributed by atoms with van der Waals surface area (Å²) in [6, 6.07) is 0. The van der Waals surface area contributed by atoms with Gasteiger partial charge in [-0.25, -0.2) is 0 Å². The number of hydrogen-bond donors (Lipinski definition) is 0. The van der Waals surface area contributed by atoms with E-state index < -0.39 is 0 Å². The summed E-state index contributed by atoms with van der Waals surface area (Å²) in [5.74, 6) is 8.69. The molecule has 7 unspecified atom stereocenters. The van der Waals surface area contributed by atoms with Crippen molar-refractivity contribution in [1.82, 2.24) is 0 Å². The zero-order chi connectivity index (χ0) is 16.5. The van der Waals surface area contributed by atoms with E-state index in [0.717, 1.165) is 47.3 Å². The monoisotopic (exact) mass is 330 g/mol. The fourth-order valence-corrected chi connectivity index (χ4v) is 7.89. The van der Waals surface area contributed by atoms with Crippen LogP contribution in [0.2, 0.25) is 0 Å². The summed E-state index contributed by atoms with van der Waals surface area (Å²) < 4.78 is 0. The average molecular weight is 331 g/mol. The van der Waals surface area contributed by atoms with E-state index in [0.29, 0.717) is 0 Å². The highest BCUT2D eigenvalue weighted by Gasteiger charge is 2.48. The van der Waals surface area contributed by atoms with Crippen LogP contribution in [-0.4, -0.2) is 0 Å². The van der Waals surface area contributed by atoms with Crippen molar-refractivity contribution in [3.63, 3.8) is 0 Å². The first kappa shape index (κ1) is 17.4. The van der Waals surface area contributed by atoms with Crippen LogP contribution in [0.5, 0.6) is 0 Å². The van der Waals surface area contributed by atoms with Crippen LogP contribution in [0, 0.1) is 47.3 Å². The molecule has 0 aliphatic heterocycles. The molecule has 4 fully saturated rings. The minimum atomic E-state index is 1.02. The Morgan fingerprint density at radius 2 is 1.50 bits per heavy atom. The molecule has 0 nitrogen and oxygen atoms in total. The standard InChI is InChI=1S/C24H42/c1-17-11-13-21(15-17)24-22(14-12-19-7-4-3-5-8-19)18(2)16-20-9-6-10-23(20)24/h17-24H,3-16H2,1-2H3. The summed E-state index contributed by atoms with van der Waals surface area (Å²) in [5, 5.41) is 0. The number of fused-ring (bicyclic) bond motifs is 1. The minimum Gasteiger partial charge on any atom is -0.0625 e. The molecule has 7 atom stereocenters. The fourth-order valence-electron chi connectivity index (χ4n) is 7.89. The Morgan fingerprint density at radius 3 is 2.25 bits per heavy atom. The third kappa shape index (κ3) is 3.59. The van der Waals surface area contributed by atoms with Crippen molar-refractivity contribution in [2.45, 2.75) is 104 Å². The SMILES string of the molecule is CC1CCC(C2C(CCC3CCCCC3)C(C)CC3CCCC32)C1. The molecule has 4 aliphatic carbocycles. The highest BCUT2D eigenvalue weighted by molar-refractivity contribution is 4.97. The van der Waals surface area contributed by atoms with Crippen molar-refractivity contribution in [1.29, 1.82) is 0 Å². The van der Waals surface area contributed by atoms with Gasteiger partial charge < -0.3 is 0 Å². The van der Waals surface area contributed by atoms with E-state index in [-0.39, 0.29) is 0 Å². The lowest BCUT2D eigenvalue weighted by molar-refractivity contribution is 0.0121. The second-order valence-electron chi connectivity index (χ2n) is 10.6. The quantitative estimate of drug-likeness (QED) is 0.501. The Labute approximate surface area is 151 Å². The third-order valence-corrected chi connectivity index (χ3v) is 9.02. The predicted molar refractivity (Wildman–Crippen MR) is 104 cm³/mol. The molecule has 0 spiro atoms. The van der Waals surface area contributed by atoms with Gasteiger partial charge in [0.1, 0.15) is 0 Å². The maximum Gasteiger partial charge on any atom is -0.0324 e. The smallest absolute Gasteiger partial charge is 0.0324 e. The first-order chi connectivity index (χ1) is 11.7. The topological polar surface area (TPSA) is 0 Å². The van der Waals surface area contributed by atoms with Crippen LogP contribution >= 0.6 is 0 Å². The van der Waals surface area contributed by atoms with Crippen LogP contribution in [0.15, 0.2) is 0 Å². The summed E-state index contributed by atoms with van der Waals surface area (Å²) in [6.45, 7) is 5.17. The second-order valence-corrected chi connectivity index (χ2v) is 10.6. The molecule has 0 heterocycles. The predicted octanol–water partition coefficient (Wildman–Crippen LogP) is 7.47. The second kappa shape index (κ2) is 7.71. The first-order valence-electron chi connectivity index (χ1n) is 11.7. The molecule has 0 bridgehead atoms. The summed E-state index contributed by atoms with van der Waals surface area (Å²) in [6.07, 6.45) is 21.8. The lowest BCUT2D eigenvalue weighted by Crippen LogP contribution is -2.41. The molecule has 0 aromatic rings.